The lowest BCUT2D eigenvalue weighted by molar-refractivity contribution is 0.617. The first-order valence-electron chi connectivity index (χ1n) is 11.3. The monoisotopic (exact) mass is 559 g/mol. The molecular formula is C25H34IN7. The van der Waals surface area contributed by atoms with E-state index in [4.69, 9.17) is 4.99 Å². The molecule has 0 radical (unpaired) electrons. The fraction of sp³-hybridized carbons (Fsp3) is 0.400. The molecule has 1 saturated heterocycles. The van der Waals surface area contributed by atoms with Gasteiger partial charge in [0.2, 0.25) is 0 Å². The van der Waals surface area contributed by atoms with Gasteiger partial charge in [-0.1, -0.05) is 48.0 Å². The molecule has 3 aromatic rings. The highest BCUT2D eigenvalue weighted by molar-refractivity contribution is 14.0. The van der Waals surface area contributed by atoms with E-state index in [-0.39, 0.29) is 30.0 Å². The van der Waals surface area contributed by atoms with Crippen LogP contribution in [0.3, 0.4) is 0 Å². The Morgan fingerprint density at radius 2 is 1.82 bits per heavy atom. The van der Waals surface area contributed by atoms with Gasteiger partial charge in [-0.25, -0.2) is 4.99 Å². The van der Waals surface area contributed by atoms with Crippen LogP contribution in [-0.2, 0) is 13.6 Å². The van der Waals surface area contributed by atoms with E-state index < -0.39 is 0 Å². The number of rotatable bonds is 6. The molecule has 2 heterocycles. The van der Waals surface area contributed by atoms with Gasteiger partial charge < -0.3 is 20.1 Å². The minimum atomic E-state index is 0. The first kappa shape index (κ1) is 25.0. The van der Waals surface area contributed by atoms with Crippen molar-refractivity contribution in [2.45, 2.75) is 45.8 Å². The molecule has 2 unspecified atom stereocenters. The van der Waals surface area contributed by atoms with Crippen molar-refractivity contribution in [3.05, 3.63) is 77.4 Å². The van der Waals surface area contributed by atoms with Crippen LogP contribution < -0.4 is 15.5 Å². The van der Waals surface area contributed by atoms with Crippen LogP contribution in [0, 0.1) is 13.8 Å². The molecule has 0 spiro atoms. The summed E-state index contributed by atoms with van der Waals surface area (Å²) in [5, 5.41) is 15.7. The maximum absolute atomic E-state index is 4.86. The second-order valence-corrected chi connectivity index (χ2v) is 8.58. The summed E-state index contributed by atoms with van der Waals surface area (Å²) in [4.78, 5) is 7.29. The van der Waals surface area contributed by atoms with E-state index in [1.54, 1.807) is 0 Å². The second-order valence-electron chi connectivity index (χ2n) is 8.58. The molecule has 176 valence electrons. The molecular weight excluding hydrogens is 525 g/mol. The van der Waals surface area contributed by atoms with Crippen molar-refractivity contribution >= 4 is 35.6 Å². The molecule has 1 fully saturated rings. The van der Waals surface area contributed by atoms with Gasteiger partial charge in [-0.05, 0) is 44.9 Å². The van der Waals surface area contributed by atoms with Crippen LogP contribution in [0.15, 0.2) is 59.6 Å². The molecule has 4 rings (SSSR count). The van der Waals surface area contributed by atoms with Gasteiger partial charge >= 0.3 is 0 Å². The molecule has 1 aliphatic heterocycles. The molecule has 33 heavy (non-hydrogen) atoms. The van der Waals surface area contributed by atoms with Gasteiger partial charge in [0.25, 0.3) is 0 Å². The number of aliphatic imine (C=N–C) groups is 1. The van der Waals surface area contributed by atoms with Crippen molar-refractivity contribution in [2.24, 2.45) is 12.0 Å². The fourth-order valence-electron chi connectivity index (χ4n) is 3.96. The van der Waals surface area contributed by atoms with Gasteiger partial charge in [-0.15, -0.1) is 34.2 Å². The van der Waals surface area contributed by atoms with Gasteiger partial charge in [0, 0.05) is 31.9 Å². The Morgan fingerprint density at radius 1 is 1.09 bits per heavy atom. The molecule has 2 N–H and O–H groups in total. The smallest absolute Gasteiger partial charge is 0.192 e. The van der Waals surface area contributed by atoms with Crippen LogP contribution in [0.4, 0.5) is 5.69 Å². The highest BCUT2D eigenvalue weighted by Gasteiger charge is 2.24. The highest BCUT2D eigenvalue weighted by atomic mass is 127. The summed E-state index contributed by atoms with van der Waals surface area (Å²) in [6.45, 7) is 8.69. The molecule has 8 heteroatoms. The van der Waals surface area contributed by atoms with E-state index in [2.05, 4.69) is 88.1 Å². The van der Waals surface area contributed by atoms with Crippen molar-refractivity contribution in [1.82, 2.24) is 25.4 Å². The number of hydrogen-bond acceptors (Lipinski definition) is 4. The van der Waals surface area contributed by atoms with E-state index in [0.717, 1.165) is 37.1 Å². The summed E-state index contributed by atoms with van der Waals surface area (Å²) in [6, 6.07) is 19.7. The SMILES string of the molecule is Cc1ccc(N2CCC(NC(=NCc3nnc(C)n3C)NC(C)c3ccccc3)C2)cc1.I. The number of nitrogens with zero attached hydrogens (tertiary/aromatic N) is 5. The maximum Gasteiger partial charge on any atom is 0.192 e. The van der Waals surface area contributed by atoms with Gasteiger partial charge in [-0.2, -0.15) is 0 Å². The molecule has 0 saturated carbocycles. The lowest BCUT2D eigenvalue weighted by Crippen LogP contribution is -2.45. The number of aryl methyl sites for hydroxylation is 2. The van der Waals surface area contributed by atoms with Crippen molar-refractivity contribution in [1.29, 1.82) is 0 Å². The Bertz CT molecular complexity index is 1050. The van der Waals surface area contributed by atoms with Crippen LogP contribution >= 0.6 is 24.0 Å². The molecule has 2 atom stereocenters. The van der Waals surface area contributed by atoms with Crippen LogP contribution in [0.5, 0.6) is 0 Å². The minimum Gasteiger partial charge on any atom is -0.369 e. The lowest BCUT2D eigenvalue weighted by atomic mass is 10.1. The summed E-state index contributed by atoms with van der Waals surface area (Å²) in [5.74, 6) is 2.54. The largest absolute Gasteiger partial charge is 0.369 e. The van der Waals surface area contributed by atoms with Crippen LogP contribution in [0.25, 0.3) is 0 Å². The standard InChI is InChI=1S/C25H33N7.HI/c1-18-10-12-23(13-11-18)32-15-14-22(17-32)28-25(26-16-24-30-29-20(3)31(24)4)27-19(2)21-8-6-5-7-9-21;/h5-13,19,22H,14-17H2,1-4H3,(H2,26,27,28);1H. The van der Waals surface area contributed by atoms with Crippen LogP contribution in [0.2, 0.25) is 0 Å². The second kappa shape index (κ2) is 11.5. The van der Waals surface area contributed by atoms with Crippen molar-refractivity contribution in [3.8, 4) is 0 Å². The average molecular weight is 560 g/mol. The predicted molar refractivity (Wildman–Crippen MR) is 145 cm³/mol. The Labute approximate surface area is 213 Å². The summed E-state index contributed by atoms with van der Waals surface area (Å²) >= 11 is 0. The zero-order valence-corrected chi connectivity index (χ0v) is 22.2. The van der Waals surface area contributed by atoms with E-state index in [9.17, 15) is 0 Å². The summed E-state index contributed by atoms with van der Waals surface area (Å²) in [5.41, 5.74) is 3.79. The van der Waals surface area contributed by atoms with E-state index in [1.165, 1.54) is 16.8 Å². The Hall–Kier alpha value is -2.62. The molecule has 2 aromatic carbocycles. The first-order chi connectivity index (χ1) is 15.5. The third kappa shape index (κ3) is 6.46. The summed E-state index contributed by atoms with van der Waals surface area (Å²) < 4.78 is 1.98. The molecule has 0 bridgehead atoms. The van der Waals surface area contributed by atoms with Crippen molar-refractivity contribution in [3.63, 3.8) is 0 Å². The zero-order chi connectivity index (χ0) is 22.5. The number of anilines is 1. The van der Waals surface area contributed by atoms with Crippen molar-refractivity contribution in [2.75, 3.05) is 18.0 Å². The molecule has 7 nitrogen and oxygen atoms in total. The summed E-state index contributed by atoms with van der Waals surface area (Å²) in [6.07, 6.45) is 1.07. The van der Waals surface area contributed by atoms with Gasteiger partial charge in [0.15, 0.2) is 11.8 Å². The Kier molecular flexibility index (Phi) is 8.71. The van der Waals surface area contributed by atoms with Crippen molar-refractivity contribution < 1.29 is 0 Å². The Morgan fingerprint density at radius 3 is 2.48 bits per heavy atom. The van der Waals surface area contributed by atoms with Gasteiger partial charge in [0.1, 0.15) is 12.4 Å². The molecule has 1 aliphatic rings. The number of halogens is 1. The normalized spacial score (nSPS) is 16.9. The lowest BCUT2D eigenvalue weighted by Gasteiger charge is -2.23. The average Bonchev–Trinajstić information content (AvgIpc) is 3.40. The van der Waals surface area contributed by atoms with Gasteiger partial charge in [0.05, 0.1) is 6.04 Å². The predicted octanol–water partition coefficient (Wildman–Crippen LogP) is 4.13. The zero-order valence-electron chi connectivity index (χ0n) is 19.8. The highest BCUT2D eigenvalue weighted by Crippen LogP contribution is 2.21. The number of benzene rings is 2. The maximum atomic E-state index is 4.86. The number of hydrogen-bond donors (Lipinski definition) is 2. The number of aromatic nitrogens is 3. The molecule has 1 aromatic heterocycles. The molecule has 0 aliphatic carbocycles. The third-order valence-corrected chi connectivity index (χ3v) is 6.14. The van der Waals surface area contributed by atoms with E-state index in [0.29, 0.717) is 12.6 Å². The quantitative estimate of drug-likeness (QED) is 0.270. The number of guanidine groups is 1. The topological polar surface area (TPSA) is 70.4 Å². The van der Waals surface area contributed by atoms with E-state index in [1.807, 2.05) is 24.6 Å². The van der Waals surface area contributed by atoms with Crippen LogP contribution in [0.1, 0.15) is 42.2 Å². The number of nitrogens with one attached hydrogen (secondary N) is 2. The van der Waals surface area contributed by atoms with Gasteiger partial charge in [-0.3, -0.25) is 0 Å². The third-order valence-electron chi connectivity index (χ3n) is 6.14. The van der Waals surface area contributed by atoms with Crippen LogP contribution in [-0.4, -0.2) is 39.9 Å². The molecule has 0 amide bonds. The van der Waals surface area contributed by atoms with E-state index >= 15 is 0 Å². The minimum absolute atomic E-state index is 0. The first-order valence-corrected chi connectivity index (χ1v) is 11.3. The Balaban J connectivity index is 0.00000306. The fourth-order valence-corrected chi connectivity index (χ4v) is 3.96. The summed E-state index contributed by atoms with van der Waals surface area (Å²) in [7, 11) is 1.98.